The predicted octanol–water partition coefficient (Wildman–Crippen LogP) is -0.122. The molecule has 1 rings (SSSR count). The van der Waals surface area contributed by atoms with Gasteiger partial charge in [-0.05, 0) is 26.2 Å². The average molecular weight is 366 g/mol. The molecular formula is C17H26N4O5. The van der Waals surface area contributed by atoms with E-state index < -0.39 is 17.9 Å². The number of nitrogens with zero attached hydrogens (tertiary/aromatic N) is 1. The first-order valence-electron chi connectivity index (χ1n) is 8.42. The van der Waals surface area contributed by atoms with E-state index in [1.807, 2.05) is 13.8 Å². The van der Waals surface area contributed by atoms with Gasteiger partial charge in [-0.15, -0.1) is 0 Å². The normalized spacial score (nSPS) is 11.7. The Labute approximate surface area is 152 Å². The highest BCUT2D eigenvalue weighted by Gasteiger charge is 2.22. The van der Waals surface area contributed by atoms with Crippen LogP contribution in [-0.4, -0.2) is 47.8 Å². The van der Waals surface area contributed by atoms with Gasteiger partial charge in [-0.2, -0.15) is 0 Å². The summed E-state index contributed by atoms with van der Waals surface area (Å²) in [5, 5.41) is 11.2. The Morgan fingerprint density at radius 1 is 1.12 bits per heavy atom. The Bertz CT molecular complexity index is 653. The number of Topliss-reactive ketones (excluding diaryl/α,β-unsaturated/α-hetero) is 1. The summed E-state index contributed by atoms with van der Waals surface area (Å²) < 4.78 is 4.87. The molecule has 1 unspecified atom stereocenters. The first-order chi connectivity index (χ1) is 12.2. The molecule has 1 atom stereocenters. The number of aryl methyl sites for hydroxylation is 1. The maximum Gasteiger partial charge on any atom is 0.242 e. The molecule has 1 aromatic rings. The number of ketones is 1. The fourth-order valence-corrected chi connectivity index (χ4v) is 2.19. The van der Waals surface area contributed by atoms with Gasteiger partial charge >= 0.3 is 0 Å². The summed E-state index contributed by atoms with van der Waals surface area (Å²) in [6, 6.07) is 0.870. The van der Waals surface area contributed by atoms with Crippen molar-refractivity contribution >= 4 is 23.5 Å². The third-order valence-corrected chi connectivity index (χ3v) is 3.33. The van der Waals surface area contributed by atoms with E-state index in [1.165, 1.54) is 6.92 Å². The minimum absolute atomic E-state index is 0.000853. The molecule has 1 heterocycles. The van der Waals surface area contributed by atoms with Crippen LogP contribution in [0, 0.1) is 12.8 Å². The highest BCUT2D eigenvalue weighted by Crippen LogP contribution is 2.05. The van der Waals surface area contributed by atoms with E-state index in [4.69, 9.17) is 4.52 Å². The molecule has 0 bridgehead atoms. The quantitative estimate of drug-likeness (QED) is 0.529. The Balaban J connectivity index is 2.47. The van der Waals surface area contributed by atoms with Crippen LogP contribution in [0.25, 0.3) is 0 Å². The van der Waals surface area contributed by atoms with Gasteiger partial charge < -0.3 is 20.5 Å². The summed E-state index contributed by atoms with van der Waals surface area (Å²) in [5.41, 5.74) is 0.474. The van der Waals surface area contributed by atoms with Crippen molar-refractivity contribution in [2.24, 2.45) is 5.92 Å². The van der Waals surface area contributed by atoms with Gasteiger partial charge in [0, 0.05) is 6.07 Å². The number of nitrogens with one attached hydrogen (secondary N) is 3. The molecule has 0 spiro atoms. The molecule has 26 heavy (non-hydrogen) atoms. The van der Waals surface area contributed by atoms with Gasteiger partial charge in [0.1, 0.15) is 17.6 Å². The lowest BCUT2D eigenvalue weighted by atomic mass is 10.0. The Morgan fingerprint density at radius 2 is 1.81 bits per heavy atom. The molecule has 0 fully saturated rings. The lowest BCUT2D eigenvalue weighted by molar-refractivity contribution is -0.130. The van der Waals surface area contributed by atoms with Crippen molar-refractivity contribution in [3.8, 4) is 0 Å². The zero-order valence-corrected chi connectivity index (χ0v) is 15.5. The Kier molecular flexibility index (Phi) is 8.47. The van der Waals surface area contributed by atoms with Crippen molar-refractivity contribution in [2.45, 2.75) is 46.6 Å². The molecule has 1 aromatic heterocycles. The third kappa shape index (κ3) is 8.41. The van der Waals surface area contributed by atoms with Crippen LogP contribution in [0.3, 0.4) is 0 Å². The molecule has 3 N–H and O–H groups in total. The van der Waals surface area contributed by atoms with Crippen LogP contribution in [0.15, 0.2) is 10.6 Å². The van der Waals surface area contributed by atoms with Gasteiger partial charge in [-0.1, -0.05) is 19.0 Å². The maximum absolute atomic E-state index is 12.1. The summed E-state index contributed by atoms with van der Waals surface area (Å²) in [5.74, 6) is -0.713. The molecule has 0 saturated carbocycles. The Hall–Kier alpha value is -2.71. The molecule has 0 aliphatic heterocycles. The Morgan fingerprint density at radius 3 is 2.35 bits per heavy atom. The number of carbonyl (C=O) groups excluding carboxylic acids is 4. The second-order valence-corrected chi connectivity index (χ2v) is 6.55. The lowest BCUT2D eigenvalue weighted by Gasteiger charge is -2.20. The fourth-order valence-electron chi connectivity index (χ4n) is 2.19. The van der Waals surface area contributed by atoms with Crippen molar-refractivity contribution in [1.29, 1.82) is 0 Å². The molecular weight excluding hydrogens is 340 g/mol. The summed E-state index contributed by atoms with van der Waals surface area (Å²) in [4.78, 5) is 46.9. The minimum atomic E-state index is -0.767. The minimum Gasteiger partial charge on any atom is -0.361 e. The lowest BCUT2D eigenvalue weighted by Crippen LogP contribution is -2.50. The van der Waals surface area contributed by atoms with E-state index >= 15 is 0 Å². The number of rotatable bonds is 10. The topological polar surface area (TPSA) is 130 Å². The maximum atomic E-state index is 12.1. The summed E-state index contributed by atoms with van der Waals surface area (Å²) >= 11 is 0. The standard InChI is InChI=1S/C17H26N4O5/c1-10(2)5-14(17(25)19-8-11(3)22)20-16(24)9-18-15(23)7-13-6-12(4)26-21-13/h6,10,14H,5,7-9H2,1-4H3,(H,18,23)(H,19,25)(H,20,24). The summed E-state index contributed by atoms with van der Waals surface area (Å²) in [7, 11) is 0. The van der Waals surface area contributed by atoms with Crippen molar-refractivity contribution in [3.63, 3.8) is 0 Å². The number of amides is 3. The molecule has 0 aromatic carbocycles. The number of aromatic nitrogens is 1. The van der Waals surface area contributed by atoms with Gasteiger partial charge in [0.15, 0.2) is 0 Å². The van der Waals surface area contributed by atoms with Crippen molar-refractivity contribution in [2.75, 3.05) is 13.1 Å². The molecule has 144 valence electrons. The van der Waals surface area contributed by atoms with Crippen LogP contribution < -0.4 is 16.0 Å². The van der Waals surface area contributed by atoms with Gasteiger partial charge in [0.05, 0.1) is 25.2 Å². The van der Waals surface area contributed by atoms with E-state index in [1.54, 1.807) is 13.0 Å². The van der Waals surface area contributed by atoms with Crippen LogP contribution >= 0.6 is 0 Å². The van der Waals surface area contributed by atoms with Crippen LogP contribution in [0.1, 0.15) is 38.6 Å². The number of carbonyl (C=O) groups is 4. The van der Waals surface area contributed by atoms with E-state index in [2.05, 4.69) is 21.1 Å². The van der Waals surface area contributed by atoms with Gasteiger partial charge in [0.2, 0.25) is 17.7 Å². The van der Waals surface area contributed by atoms with Gasteiger partial charge in [-0.25, -0.2) is 0 Å². The van der Waals surface area contributed by atoms with Gasteiger partial charge in [-0.3, -0.25) is 19.2 Å². The zero-order valence-electron chi connectivity index (χ0n) is 15.5. The van der Waals surface area contributed by atoms with Crippen LogP contribution in [-0.2, 0) is 25.6 Å². The van der Waals surface area contributed by atoms with Crippen LogP contribution in [0.5, 0.6) is 0 Å². The largest absolute Gasteiger partial charge is 0.361 e. The first-order valence-corrected chi connectivity index (χ1v) is 8.42. The SMILES string of the molecule is CC(=O)CNC(=O)C(CC(C)C)NC(=O)CNC(=O)Cc1cc(C)on1. The van der Waals surface area contributed by atoms with Crippen molar-refractivity contribution in [1.82, 2.24) is 21.1 Å². The van der Waals surface area contributed by atoms with Crippen molar-refractivity contribution < 1.29 is 23.7 Å². The molecule has 3 amide bonds. The molecule has 0 aliphatic carbocycles. The second-order valence-electron chi connectivity index (χ2n) is 6.55. The average Bonchev–Trinajstić information content (AvgIpc) is 2.94. The molecule has 9 nitrogen and oxygen atoms in total. The van der Waals surface area contributed by atoms with Gasteiger partial charge in [0.25, 0.3) is 0 Å². The highest BCUT2D eigenvalue weighted by atomic mass is 16.5. The summed E-state index contributed by atoms with van der Waals surface area (Å²) in [6.07, 6.45) is 0.417. The molecule has 0 radical (unpaired) electrons. The first kappa shape index (κ1) is 21.3. The zero-order chi connectivity index (χ0) is 19.7. The monoisotopic (exact) mass is 366 g/mol. The van der Waals surface area contributed by atoms with Crippen LogP contribution in [0.2, 0.25) is 0 Å². The van der Waals surface area contributed by atoms with Crippen molar-refractivity contribution in [3.05, 3.63) is 17.5 Å². The van der Waals surface area contributed by atoms with E-state index in [0.717, 1.165) is 0 Å². The predicted molar refractivity (Wildman–Crippen MR) is 93.0 cm³/mol. The molecule has 0 saturated heterocycles. The van der Waals surface area contributed by atoms with Crippen LogP contribution in [0.4, 0.5) is 0 Å². The van der Waals surface area contributed by atoms with E-state index in [9.17, 15) is 19.2 Å². The number of hydrogen-bond donors (Lipinski definition) is 3. The smallest absolute Gasteiger partial charge is 0.242 e. The second kappa shape index (κ2) is 10.3. The number of hydrogen-bond acceptors (Lipinski definition) is 6. The van der Waals surface area contributed by atoms with E-state index in [0.29, 0.717) is 17.9 Å². The fraction of sp³-hybridized carbons (Fsp3) is 0.588. The third-order valence-electron chi connectivity index (χ3n) is 3.33. The molecule has 9 heteroatoms. The highest BCUT2D eigenvalue weighted by molar-refractivity contribution is 5.92. The van der Waals surface area contributed by atoms with E-state index in [-0.39, 0.29) is 37.1 Å². The summed E-state index contributed by atoms with van der Waals surface area (Å²) in [6.45, 7) is 6.57. The molecule has 0 aliphatic rings.